The third-order valence-electron chi connectivity index (χ3n) is 0.298. The van der Waals surface area contributed by atoms with Crippen LogP contribution >= 0.6 is 23.2 Å². The summed E-state index contributed by atoms with van der Waals surface area (Å²) in [6.45, 7) is 5.40. The van der Waals surface area contributed by atoms with E-state index in [9.17, 15) is 0 Å². The molecule has 0 amide bonds. The Bertz CT molecular complexity index is 52.8. The van der Waals surface area contributed by atoms with Gasteiger partial charge >= 0.3 is 46.1 Å². The topological polar surface area (TPSA) is 0 Å². The fourth-order valence-corrected chi connectivity index (χ4v) is 0. The summed E-state index contributed by atoms with van der Waals surface area (Å²) in [7, 11) is 0. The number of hydrogen-bond acceptors (Lipinski definition) is 0. The average molecular weight is 208 g/mol. The van der Waals surface area contributed by atoms with Gasteiger partial charge in [-0.25, -0.2) is 0 Å². The summed E-state index contributed by atoms with van der Waals surface area (Å²) < 4.78 is 0. The van der Waals surface area contributed by atoms with Gasteiger partial charge in [0, 0.05) is 11.8 Å². The summed E-state index contributed by atoms with van der Waals surface area (Å²) in [4.78, 5) is 0. The van der Waals surface area contributed by atoms with Gasteiger partial charge in [0.05, 0.1) is 0 Å². The molecule has 0 rings (SSSR count). The molecule has 0 aromatic carbocycles. The van der Waals surface area contributed by atoms with Gasteiger partial charge in [0.15, 0.2) is 0 Å². The van der Waals surface area contributed by atoms with E-state index in [-0.39, 0.29) is 51.8 Å². The minimum absolute atomic E-state index is 0. The minimum Gasteiger partial charge on any atom is -1.00 e. The molecule has 0 heterocycles. The van der Waals surface area contributed by atoms with E-state index in [1.54, 1.807) is 6.08 Å². The van der Waals surface area contributed by atoms with Gasteiger partial charge in [0.25, 0.3) is 0 Å². The zero-order chi connectivity index (χ0) is 6.83. The number of halogens is 2. The van der Waals surface area contributed by atoms with Crippen LogP contribution in [0.3, 0.4) is 0 Å². The van der Waals surface area contributed by atoms with Crippen molar-refractivity contribution in [1.29, 1.82) is 0 Å². The maximum absolute atomic E-state index is 5.19. The van der Waals surface area contributed by atoms with Crippen LogP contribution in [0.4, 0.5) is 0 Å². The van der Waals surface area contributed by atoms with Crippen molar-refractivity contribution in [3.63, 3.8) is 0 Å². The molecule has 58 valence electrons. The van der Waals surface area contributed by atoms with Crippen molar-refractivity contribution in [1.82, 2.24) is 0 Å². The summed E-state index contributed by atoms with van der Waals surface area (Å²) in [6, 6.07) is 0. The van der Waals surface area contributed by atoms with Crippen LogP contribution in [-0.4, -0.2) is 57.9 Å². The molecule has 0 aliphatic carbocycles. The second kappa shape index (κ2) is 30.8. The molecule has 4 heteroatoms. The summed E-state index contributed by atoms with van der Waals surface area (Å²) in [5, 5.41) is 0. The molecular formula is C6H16Cl2Mg2. The first-order chi connectivity index (χ1) is 3.83. The standard InChI is InChI=1S/C3H7Cl.C3H5Cl.2Mg.4H/c2*1-2-3-4;;;;;;/h2-3H2,1H3;2H,1,3H2;;;;;;/q;;2*+2;4*-1. The van der Waals surface area contributed by atoms with Crippen molar-refractivity contribution in [3.05, 3.63) is 12.7 Å². The predicted molar refractivity (Wildman–Crippen MR) is 57.9 cm³/mol. The molecule has 0 radical (unpaired) electrons. The Balaban J connectivity index is -0.00000000600. The SMILES string of the molecule is C=CCCl.CCCCl.[H-].[H-].[H-].[H-].[Mg+2].[Mg+2]. The Morgan fingerprint density at radius 2 is 1.60 bits per heavy atom. The van der Waals surface area contributed by atoms with Gasteiger partial charge in [-0.2, -0.15) is 0 Å². The van der Waals surface area contributed by atoms with Gasteiger partial charge in [-0.1, -0.05) is 13.0 Å². The van der Waals surface area contributed by atoms with Crippen LogP contribution in [0.1, 0.15) is 19.1 Å². The largest absolute Gasteiger partial charge is 2.00 e. The van der Waals surface area contributed by atoms with E-state index < -0.39 is 0 Å². The maximum atomic E-state index is 5.19. The van der Waals surface area contributed by atoms with E-state index in [0.29, 0.717) is 5.88 Å². The molecule has 0 unspecified atom stereocenters. The second-order valence-electron chi connectivity index (χ2n) is 1.13. The van der Waals surface area contributed by atoms with Crippen molar-refractivity contribution >= 4 is 69.3 Å². The summed E-state index contributed by atoms with van der Waals surface area (Å²) in [5.74, 6) is 1.35. The molecule has 0 saturated carbocycles. The van der Waals surface area contributed by atoms with Crippen molar-refractivity contribution in [2.45, 2.75) is 13.3 Å². The zero-order valence-electron chi connectivity index (χ0n) is 10.6. The molecule has 0 atom stereocenters. The van der Waals surface area contributed by atoms with Crippen LogP contribution in [-0.2, 0) is 0 Å². The third kappa shape index (κ3) is 52.0. The van der Waals surface area contributed by atoms with Crippen LogP contribution in [0.5, 0.6) is 0 Å². The van der Waals surface area contributed by atoms with Gasteiger partial charge in [-0.3, -0.25) is 0 Å². The fourth-order valence-electron chi connectivity index (χ4n) is 0. The number of hydrogen-bond donors (Lipinski definition) is 0. The van der Waals surface area contributed by atoms with E-state index in [1.165, 1.54) is 0 Å². The van der Waals surface area contributed by atoms with Crippen LogP contribution in [0.15, 0.2) is 12.7 Å². The summed E-state index contributed by atoms with van der Waals surface area (Å²) in [6.07, 6.45) is 2.73. The van der Waals surface area contributed by atoms with Crippen LogP contribution in [0.2, 0.25) is 0 Å². The van der Waals surface area contributed by atoms with E-state index in [0.717, 1.165) is 12.3 Å². The maximum Gasteiger partial charge on any atom is 2.00 e. The van der Waals surface area contributed by atoms with Gasteiger partial charge in [-0.15, -0.1) is 29.8 Å². The third-order valence-corrected chi connectivity index (χ3v) is 0.894. The minimum atomic E-state index is 0. The van der Waals surface area contributed by atoms with E-state index in [2.05, 4.69) is 6.58 Å². The van der Waals surface area contributed by atoms with Gasteiger partial charge in [0.2, 0.25) is 0 Å². The molecule has 0 N–H and O–H groups in total. The Hall–Kier alpha value is 1.85. The fraction of sp³-hybridized carbons (Fsp3) is 0.667. The Morgan fingerprint density at radius 1 is 1.40 bits per heavy atom. The number of allylic oxidation sites excluding steroid dienone is 1. The smallest absolute Gasteiger partial charge is 1.00 e. The van der Waals surface area contributed by atoms with Crippen molar-refractivity contribution in [3.8, 4) is 0 Å². The Morgan fingerprint density at radius 3 is 1.60 bits per heavy atom. The molecule has 0 aromatic rings. The van der Waals surface area contributed by atoms with Crippen molar-refractivity contribution < 1.29 is 5.71 Å². The average Bonchev–Trinajstić information content (AvgIpc) is 1.88. The summed E-state index contributed by atoms with van der Waals surface area (Å²) >= 11 is 10.3. The predicted octanol–water partition coefficient (Wildman–Crippen LogP) is 2.73. The molecule has 0 spiro atoms. The second-order valence-corrected chi connectivity index (χ2v) is 1.82. The Labute approximate surface area is 112 Å². The van der Waals surface area contributed by atoms with Crippen LogP contribution in [0.25, 0.3) is 0 Å². The molecule has 0 aliphatic rings. The molecule has 0 saturated heterocycles. The first-order valence-electron chi connectivity index (χ1n) is 2.56. The van der Waals surface area contributed by atoms with Crippen molar-refractivity contribution in [2.24, 2.45) is 0 Å². The van der Waals surface area contributed by atoms with Gasteiger partial charge in [0.1, 0.15) is 0 Å². The zero-order valence-corrected chi connectivity index (χ0v) is 10.9. The molecular weight excluding hydrogens is 192 g/mol. The first kappa shape index (κ1) is 22.6. The van der Waals surface area contributed by atoms with Gasteiger partial charge < -0.3 is 5.71 Å². The van der Waals surface area contributed by atoms with Crippen molar-refractivity contribution in [2.75, 3.05) is 11.8 Å². The quantitative estimate of drug-likeness (QED) is 0.371. The normalized spacial score (nSPS) is 5.50. The van der Waals surface area contributed by atoms with E-state index >= 15 is 0 Å². The van der Waals surface area contributed by atoms with E-state index in [4.69, 9.17) is 23.2 Å². The Kier molecular flexibility index (Phi) is 69.6. The summed E-state index contributed by atoms with van der Waals surface area (Å²) in [5.41, 5.74) is 0. The van der Waals surface area contributed by atoms with E-state index in [1.807, 2.05) is 6.92 Å². The number of alkyl halides is 2. The molecule has 0 fully saturated rings. The molecule has 0 nitrogen and oxygen atoms in total. The molecule has 0 aliphatic heterocycles. The molecule has 0 aromatic heterocycles. The number of rotatable bonds is 2. The molecule has 10 heavy (non-hydrogen) atoms. The first-order valence-corrected chi connectivity index (χ1v) is 3.63. The van der Waals surface area contributed by atoms with Gasteiger partial charge in [-0.05, 0) is 6.42 Å². The monoisotopic (exact) mass is 206 g/mol. The molecule has 0 bridgehead atoms. The van der Waals surface area contributed by atoms with Crippen LogP contribution in [0, 0.1) is 0 Å². The van der Waals surface area contributed by atoms with Crippen LogP contribution < -0.4 is 0 Å².